The molecule has 0 unspecified atom stereocenters. The molecule has 2 aromatic carbocycles. The molecule has 8 nitrogen and oxygen atoms in total. The SMILES string of the molecule is CN1C(=O)[C@H]2[C@@H](c3ccc(C(F)(F)F)cc3)N[C@]3(CCCN(Cc4ccc(C(F)(F)F)cc4)C3=O)[C@H]2C1=O.O=C(O)C(F)(F)F. The van der Waals surface area contributed by atoms with Crippen LogP contribution in [0.5, 0.6) is 0 Å². The molecular formula is C28H24F9N3O5. The predicted molar refractivity (Wildman–Crippen MR) is 135 cm³/mol. The molecule has 3 saturated heterocycles. The summed E-state index contributed by atoms with van der Waals surface area (Å²) in [4.78, 5) is 51.5. The fourth-order valence-corrected chi connectivity index (χ4v) is 5.95. The second-order valence-electron chi connectivity index (χ2n) is 10.8. The molecule has 244 valence electrons. The number of fused-ring (bicyclic) bond motifs is 2. The van der Waals surface area contributed by atoms with Gasteiger partial charge in [-0.05, 0) is 48.2 Å². The molecule has 0 aromatic heterocycles. The fourth-order valence-electron chi connectivity index (χ4n) is 5.95. The fraction of sp³-hybridized carbons (Fsp3) is 0.429. The van der Waals surface area contributed by atoms with Crippen molar-refractivity contribution in [1.29, 1.82) is 0 Å². The monoisotopic (exact) mass is 653 g/mol. The largest absolute Gasteiger partial charge is 0.490 e. The van der Waals surface area contributed by atoms with E-state index in [1.165, 1.54) is 36.2 Å². The summed E-state index contributed by atoms with van der Waals surface area (Å²) >= 11 is 0. The molecule has 2 N–H and O–H groups in total. The third kappa shape index (κ3) is 6.48. The van der Waals surface area contributed by atoms with Crippen LogP contribution in [0.2, 0.25) is 0 Å². The molecular weight excluding hydrogens is 629 g/mol. The lowest BCUT2D eigenvalue weighted by Gasteiger charge is -2.42. The number of alkyl halides is 9. The Hall–Kier alpha value is -4.15. The van der Waals surface area contributed by atoms with Gasteiger partial charge in [-0.1, -0.05) is 24.3 Å². The van der Waals surface area contributed by atoms with Crippen molar-refractivity contribution in [1.82, 2.24) is 15.1 Å². The number of aliphatic carboxylic acids is 1. The topological polar surface area (TPSA) is 107 Å². The third-order valence-electron chi connectivity index (χ3n) is 8.04. The number of hydrogen-bond donors (Lipinski definition) is 2. The van der Waals surface area contributed by atoms with Gasteiger partial charge in [0.15, 0.2) is 0 Å². The molecule has 0 saturated carbocycles. The van der Waals surface area contributed by atoms with Crippen molar-refractivity contribution in [2.24, 2.45) is 11.8 Å². The molecule has 5 rings (SSSR count). The Morgan fingerprint density at radius 1 is 0.867 bits per heavy atom. The number of carbonyl (C=O) groups is 4. The highest BCUT2D eigenvalue weighted by Crippen LogP contribution is 2.52. The molecule has 3 amide bonds. The number of benzene rings is 2. The van der Waals surface area contributed by atoms with E-state index in [1.807, 2.05) is 0 Å². The zero-order chi connectivity index (χ0) is 33.7. The normalized spacial score (nSPS) is 25.4. The molecule has 2 aromatic rings. The van der Waals surface area contributed by atoms with Crippen molar-refractivity contribution in [2.45, 2.75) is 49.5 Å². The number of piperidine rings is 1. The lowest BCUT2D eigenvalue weighted by Crippen LogP contribution is -2.63. The molecule has 17 heteroatoms. The first kappa shape index (κ1) is 33.7. The number of carboxylic acids is 1. The molecule has 0 radical (unpaired) electrons. The number of carboxylic acid groups (broad SMARTS) is 1. The van der Waals surface area contributed by atoms with Crippen LogP contribution in [0.1, 0.15) is 41.1 Å². The standard InChI is InChI=1S/C26H23F6N3O3.C2HF3O2/c1-34-21(36)18-19(22(34)37)24(33-20(18)15-5-9-17(10-6-15)26(30,31)32)11-2-12-35(23(24)38)13-14-3-7-16(8-4-14)25(27,28)29;3-2(4,5)1(6)7/h3-10,18-20,33H,2,11-13H2,1H3;(H,6,7)/t18-,19-,20-,24-;/m1./s1. The molecule has 3 aliphatic heterocycles. The minimum absolute atomic E-state index is 0.000704. The Morgan fingerprint density at radius 2 is 1.36 bits per heavy atom. The van der Waals surface area contributed by atoms with Gasteiger partial charge < -0.3 is 10.0 Å². The number of amides is 3. The maximum absolute atomic E-state index is 13.9. The van der Waals surface area contributed by atoms with Gasteiger partial charge >= 0.3 is 24.5 Å². The van der Waals surface area contributed by atoms with Crippen molar-refractivity contribution >= 4 is 23.7 Å². The number of imide groups is 1. The third-order valence-corrected chi connectivity index (χ3v) is 8.04. The smallest absolute Gasteiger partial charge is 0.475 e. The van der Waals surface area contributed by atoms with E-state index < -0.39 is 76.8 Å². The van der Waals surface area contributed by atoms with E-state index in [9.17, 15) is 53.9 Å². The zero-order valence-corrected chi connectivity index (χ0v) is 23.1. The van der Waals surface area contributed by atoms with Crippen LogP contribution in [0.3, 0.4) is 0 Å². The first-order valence-electron chi connectivity index (χ1n) is 13.2. The van der Waals surface area contributed by atoms with E-state index in [0.29, 0.717) is 24.1 Å². The number of likely N-dealkylation sites (tertiary alicyclic amines) is 2. The molecule has 0 bridgehead atoms. The highest BCUT2D eigenvalue weighted by molar-refractivity contribution is 6.10. The van der Waals surface area contributed by atoms with E-state index in [0.717, 1.165) is 29.2 Å². The van der Waals surface area contributed by atoms with Gasteiger partial charge in [-0.15, -0.1) is 0 Å². The van der Waals surface area contributed by atoms with Crippen molar-refractivity contribution < 1.29 is 63.8 Å². The Morgan fingerprint density at radius 3 is 1.82 bits per heavy atom. The lowest BCUT2D eigenvalue weighted by atomic mass is 9.74. The Balaban J connectivity index is 0.000000591. The van der Waals surface area contributed by atoms with Crippen LogP contribution >= 0.6 is 0 Å². The summed E-state index contributed by atoms with van der Waals surface area (Å²) in [6, 6.07) is 7.80. The van der Waals surface area contributed by atoms with Crippen molar-refractivity contribution in [2.75, 3.05) is 13.6 Å². The first-order chi connectivity index (χ1) is 20.7. The van der Waals surface area contributed by atoms with E-state index in [2.05, 4.69) is 5.32 Å². The number of halogens is 9. The van der Waals surface area contributed by atoms with Crippen LogP contribution in [0.25, 0.3) is 0 Å². The Bertz CT molecular complexity index is 1470. The molecule has 45 heavy (non-hydrogen) atoms. The van der Waals surface area contributed by atoms with E-state index in [4.69, 9.17) is 9.90 Å². The van der Waals surface area contributed by atoms with Gasteiger partial charge in [0.2, 0.25) is 17.7 Å². The van der Waals surface area contributed by atoms with Gasteiger partial charge in [0.25, 0.3) is 0 Å². The van der Waals surface area contributed by atoms with Crippen molar-refractivity contribution in [3.63, 3.8) is 0 Å². The van der Waals surface area contributed by atoms with Crippen LogP contribution in [0.15, 0.2) is 48.5 Å². The van der Waals surface area contributed by atoms with Crippen LogP contribution in [-0.2, 0) is 38.1 Å². The summed E-state index contributed by atoms with van der Waals surface area (Å²) in [6.07, 6.45) is -13.5. The zero-order valence-electron chi connectivity index (χ0n) is 23.1. The van der Waals surface area contributed by atoms with Gasteiger partial charge in [0.1, 0.15) is 5.54 Å². The summed E-state index contributed by atoms with van der Waals surface area (Å²) in [5.41, 5.74) is -2.36. The number of rotatable bonds is 3. The number of nitrogens with one attached hydrogen (secondary N) is 1. The molecule has 3 fully saturated rings. The minimum atomic E-state index is -5.08. The molecule has 3 aliphatic rings. The maximum Gasteiger partial charge on any atom is 0.490 e. The second-order valence-corrected chi connectivity index (χ2v) is 10.8. The molecule has 0 aliphatic carbocycles. The summed E-state index contributed by atoms with van der Waals surface area (Å²) in [5.74, 6) is -6.35. The van der Waals surface area contributed by atoms with Gasteiger partial charge in [-0.3, -0.25) is 24.6 Å². The Kier molecular flexibility index (Phi) is 8.73. The van der Waals surface area contributed by atoms with Crippen molar-refractivity contribution in [3.8, 4) is 0 Å². The second kappa shape index (κ2) is 11.7. The molecule has 3 heterocycles. The number of carbonyl (C=O) groups excluding carboxylic acids is 3. The average molecular weight is 653 g/mol. The van der Waals surface area contributed by atoms with Gasteiger partial charge in [-0.25, -0.2) is 4.79 Å². The van der Waals surface area contributed by atoms with Crippen molar-refractivity contribution in [3.05, 3.63) is 70.8 Å². The van der Waals surface area contributed by atoms with Gasteiger partial charge in [-0.2, -0.15) is 39.5 Å². The summed E-state index contributed by atoms with van der Waals surface area (Å²) in [6.45, 7) is 0.296. The number of nitrogens with zero attached hydrogens (tertiary/aromatic N) is 2. The van der Waals surface area contributed by atoms with E-state index >= 15 is 0 Å². The molecule has 1 spiro atoms. The highest BCUT2D eigenvalue weighted by Gasteiger charge is 2.68. The maximum atomic E-state index is 13.9. The highest BCUT2D eigenvalue weighted by atomic mass is 19.4. The van der Waals surface area contributed by atoms with Gasteiger partial charge in [0, 0.05) is 26.2 Å². The van der Waals surface area contributed by atoms with Gasteiger partial charge in [0.05, 0.1) is 23.0 Å². The van der Waals surface area contributed by atoms with E-state index in [1.54, 1.807) is 0 Å². The van der Waals surface area contributed by atoms with Crippen LogP contribution in [-0.4, -0.2) is 63.9 Å². The van der Waals surface area contributed by atoms with Crippen LogP contribution < -0.4 is 5.32 Å². The summed E-state index contributed by atoms with van der Waals surface area (Å²) in [5, 5.41) is 10.3. The van der Waals surface area contributed by atoms with Crippen LogP contribution in [0.4, 0.5) is 39.5 Å². The quantitative estimate of drug-likeness (QED) is 0.365. The average Bonchev–Trinajstić information content (AvgIpc) is 3.40. The van der Waals surface area contributed by atoms with Crippen LogP contribution in [0, 0.1) is 11.8 Å². The lowest BCUT2D eigenvalue weighted by molar-refractivity contribution is -0.192. The summed E-state index contributed by atoms with van der Waals surface area (Å²) in [7, 11) is 1.31. The van der Waals surface area contributed by atoms with E-state index in [-0.39, 0.29) is 13.0 Å². The minimum Gasteiger partial charge on any atom is -0.475 e. The first-order valence-corrected chi connectivity index (χ1v) is 13.2. The number of hydrogen-bond acceptors (Lipinski definition) is 5. The molecule has 4 atom stereocenters. The Labute approximate surface area is 248 Å². The summed E-state index contributed by atoms with van der Waals surface area (Å²) < 4.78 is 110. The predicted octanol–water partition coefficient (Wildman–Crippen LogP) is 4.79.